The van der Waals surface area contributed by atoms with E-state index in [0.29, 0.717) is 6.54 Å². The van der Waals surface area contributed by atoms with Gasteiger partial charge in [-0.05, 0) is 48.5 Å². The number of hydroxylamine groups is 2. The molecule has 2 fully saturated rings. The van der Waals surface area contributed by atoms with Crippen molar-refractivity contribution in [1.82, 2.24) is 9.96 Å². The fourth-order valence-corrected chi connectivity index (χ4v) is 3.59. The van der Waals surface area contributed by atoms with Crippen LogP contribution in [0.5, 0.6) is 0 Å². The minimum Gasteiger partial charge on any atom is -0.318 e. The molecule has 2 unspecified atom stereocenters. The minimum atomic E-state index is -1.37. The molecule has 0 aromatic heterocycles. The Labute approximate surface area is 111 Å². The highest BCUT2D eigenvalue weighted by Gasteiger charge is 2.45. The van der Waals surface area contributed by atoms with Gasteiger partial charge in [-0.1, -0.05) is 0 Å². The lowest BCUT2D eigenvalue weighted by molar-refractivity contribution is -0.0119. The Balaban J connectivity index is 2.06. The van der Waals surface area contributed by atoms with Gasteiger partial charge >= 0.3 is 6.03 Å². The quantitative estimate of drug-likeness (QED) is 0.561. The van der Waals surface area contributed by atoms with Crippen molar-refractivity contribution in [2.75, 3.05) is 13.2 Å². The topological polar surface area (TPSA) is 49.9 Å². The first-order valence-corrected chi connectivity index (χ1v) is 11.4. The lowest BCUT2D eigenvalue weighted by Gasteiger charge is -2.26. The van der Waals surface area contributed by atoms with Crippen LogP contribution in [0.1, 0.15) is 19.8 Å². The van der Waals surface area contributed by atoms with E-state index < -0.39 is 15.5 Å². The van der Waals surface area contributed by atoms with Crippen molar-refractivity contribution in [3.8, 4) is 0 Å². The number of amides is 2. The molecule has 0 N–H and O–H groups in total. The molecule has 2 rings (SSSR count). The van der Waals surface area contributed by atoms with E-state index in [2.05, 4.69) is 22.0 Å². The molecule has 92 valence electrons. The molecular formula is C8H14IN2O3PS. The van der Waals surface area contributed by atoms with Crippen LogP contribution >= 0.6 is 26.8 Å². The molecule has 2 bridgehead atoms. The zero-order valence-electron chi connectivity index (χ0n) is 9.13. The third-order valence-electron chi connectivity index (χ3n) is 2.97. The Hall–Kier alpha value is 0.540. The van der Waals surface area contributed by atoms with Crippen LogP contribution in [-0.2, 0) is 15.0 Å². The molecule has 5 nitrogen and oxygen atoms in total. The van der Waals surface area contributed by atoms with Gasteiger partial charge in [0.1, 0.15) is 0 Å². The van der Waals surface area contributed by atoms with Gasteiger partial charge in [0, 0.05) is 12.6 Å². The molecule has 8 heteroatoms. The summed E-state index contributed by atoms with van der Waals surface area (Å²) in [5.41, 5.74) is 0. The summed E-state index contributed by atoms with van der Waals surface area (Å²) in [5.74, 6) is 0. The Morgan fingerprint density at radius 3 is 2.81 bits per heavy atom. The summed E-state index contributed by atoms with van der Waals surface area (Å²) in [6, 6.07) is 0.226. The van der Waals surface area contributed by atoms with Crippen LogP contribution in [0.3, 0.4) is 0 Å². The second-order valence-corrected chi connectivity index (χ2v) is 14.3. The van der Waals surface area contributed by atoms with Crippen LogP contribution in [0.25, 0.3) is 0 Å². The van der Waals surface area contributed by atoms with Crippen molar-refractivity contribution in [1.29, 1.82) is 0 Å². The number of halogens is 1. The highest BCUT2D eigenvalue weighted by molar-refractivity contribution is 14.2. The zero-order valence-corrected chi connectivity index (χ0v) is 13.0. The summed E-state index contributed by atoms with van der Waals surface area (Å²) in [6.45, 7) is 4.61. The van der Waals surface area contributed by atoms with Crippen LogP contribution in [0, 0.1) is 0 Å². The van der Waals surface area contributed by atoms with Gasteiger partial charge < -0.3 is 4.90 Å². The summed E-state index contributed by atoms with van der Waals surface area (Å²) >= 11 is 2.09. The van der Waals surface area contributed by atoms with Gasteiger partial charge in [-0.15, -0.1) is 0 Å². The highest BCUT2D eigenvalue weighted by Crippen LogP contribution is 2.46. The number of carbonyl (C=O) groups is 1. The van der Waals surface area contributed by atoms with Gasteiger partial charge in [-0.2, -0.15) is 9.35 Å². The number of hydrogen-bond donors (Lipinski definition) is 0. The van der Waals surface area contributed by atoms with Crippen molar-refractivity contribution in [3.05, 3.63) is 0 Å². The Bertz CT molecular complexity index is 330. The van der Waals surface area contributed by atoms with E-state index in [0.717, 1.165) is 12.8 Å². The third kappa shape index (κ3) is 2.37. The fourth-order valence-electron chi connectivity index (χ4n) is 2.04. The van der Waals surface area contributed by atoms with Gasteiger partial charge in [-0.3, -0.25) is 0 Å². The van der Waals surface area contributed by atoms with Crippen molar-refractivity contribution in [2.24, 2.45) is 0 Å². The van der Waals surface area contributed by atoms with E-state index in [1.165, 1.54) is 5.06 Å². The smallest absolute Gasteiger partial charge is 0.318 e. The molecule has 0 aliphatic carbocycles. The largest absolute Gasteiger partial charge is 0.345 e. The fraction of sp³-hybridized carbons (Fsp3) is 0.875. The number of nitrogens with zero attached hydrogens (tertiary/aromatic N) is 2. The van der Waals surface area contributed by atoms with Crippen molar-refractivity contribution in [2.45, 2.75) is 31.8 Å². The number of fused-ring (bicyclic) bond motifs is 2. The molecule has 2 aliphatic rings. The Morgan fingerprint density at radius 1 is 1.56 bits per heavy atom. The first-order valence-electron chi connectivity index (χ1n) is 5.10. The molecule has 0 spiro atoms. The van der Waals surface area contributed by atoms with Crippen LogP contribution in [0.15, 0.2) is 0 Å². The minimum absolute atomic E-state index is 0.0824. The van der Waals surface area contributed by atoms with Crippen LogP contribution in [0.2, 0.25) is 0 Å². The van der Waals surface area contributed by atoms with Gasteiger partial charge in [0.05, 0.1) is 10.8 Å². The van der Waals surface area contributed by atoms with Gasteiger partial charge in [0.15, 0.2) is 0 Å². The summed E-state index contributed by atoms with van der Waals surface area (Å²) in [4.78, 5) is 13.8. The molecule has 2 amide bonds. The van der Waals surface area contributed by atoms with E-state index in [-0.39, 0.29) is 18.1 Å². The van der Waals surface area contributed by atoms with Crippen LogP contribution in [-0.4, -0.2) is 45.5 Å². The second kappa shape index (κ2) is 5.04. The standard InChI is InChI=1S/C8H14IN2O3PS/c1-6-3-4-7-5-10(6)8(12)11(7)14-16(13)15(2)9/h6-7H,3-5H2,1-2H3/t6-,7-,15?,16?/m1/s1. The molecule has 4 atom stereocenters. The predicted octanol–water partition coefficient (Wildman–Crippen LogP) is 2.25. The predicted molar refractivity (Wildman–Crippen MR) is 72.5 cm³/mol. The average Bonchev–Trinajstić information content (AvgIpc) is 2.49. The van der Waals surface area contributed by atoms with E-state index in [4.69, 9.17) is 4.28 Å². The molecular weight excluding hydrogens is 362 g/mol. The molecule has 0 radical (unpaired) electrons. The Kier molecular flexibility index (Phi) is 4.09. The number of piperidine rings is 1. The highest BCUT2D eigenvalue weighted by atomic mass is 127. The summed E-state index contributed by atoms with van der Waals surface area (Å²) in [7, 11) is -1.37. The second-order valence-electron chi connectivity index (χ2n) is 4.05. The maximum Gasteiger partial charge on any atom is 0.345 e. The van der Waals surface area contributed by atoms with Gasteiger partial charge in [0.2, 0.25) is 10.7 Å². The molecule has 16 heavy (non-hydrogen) atoms. The van der Waals surface area contributed by atoms with E-state index in [9.17, 15) is 9.00 Å². The number of carbonyl (C=O) groups excluding carboxylic acids is 1. The van der Waals surface area contributed by atoms with E-state index in [1.807, 2.05) is 13.6 Å². The van der Waals surface area contributed by atoms with E-state index in [1.54, 1.807) is 4.90 Å². The van der Waals surface area contributed by atoms with E-state index >= 15 is 0 Å². The molecule has 2 heterocycles. The average molecular weight is 376 g/mol. The Morgan fingerprint density at radius 2 is 2.25 bits per heavy atom. The molecule has 2 saturated heterocycles. The SMILES string of the molecule is C[C@@H]1CC[C@@H]2CN1C(=O)N2OS(=O)P(C)I. The van der Waals surface area contributed by atoms with Crippen LogP contribution in [0.4, 0.5) is 4.79 Å². The third-order valence-corrected chi connectivity index (χ3v) is 8.00. The number of rotatable bonds is 3. The maximum absolute atomic E-state index is 12.0. The van der Waals surface area contributed by atoms with Gasteiger partial charge in [0.25, 0.3) is 0 Å². The molecule has 2 aliphatic heterocycles. The summed E-state index contributed by atoms with van der Waals surface area (Å²) < 4.78 is 16.2. The van der Waals surface area contributed by atoms with Crippen molar-refractivity contribution in [3.63, 3.8) is 0 Å². The van der Waals surface area contributed by atoms with Crippen molar-refractivity contribution >= 4 is 43.5 Å². The summed E-state index contributed by atoms with van der Waals surface area (Å²) in [5, 5.41) is 1.33. The molecule has 0 saturated carbocycles. The molecule has 0 aromatic carbocycles. The zero-order chi connectivity index (χ0) is 11.9. The lowest BCUT2D eigenvalue weighted by Crippen LogP contribution is -2.37. The monoisotopic (exact) mass is 376 g/mol. The normalized spacial score (nSPS) is 33.1. The maximum atomic E-state index is 12.0. The van der Waals surface area contributed by atoms with Crippen LogP contribution < -0.4 is 0 Å². The number of urea groups is 1. The first kappa shape index (κ1) is 13.0. The summed E-state index contributed by atoms with van der Waals surface area (Å²) in [6.07, 6.45) is 1.93. The van der Waals surface area contributed by atoms with Crippen molar-refractivity contribution < 1.29 is 13.3 Å². The lowest BCUT2D eigenvalue weighted by atomic mass is 10.0. The molecule has 0 aromatic rings. The first-order chi connectivity index (χ1) is 7.50. The number of hydrogen-bond acceptors (Lipinski definition) is 3. The van der Waals surface area contributed by atoms with Gasteiger partial charge in [-0.25, -0.2) is 9.00 Å².